The van der Waals surface area contributed by atoms with Crippen molar-refractivity contribution in [1.82, 2.24) is 0 Å². The molecule has 0 amide bonds. The van der Waals surface area contributed by atoms with Crippen LogP contribution in [0.4, 0.5) is 0 Å². The largest absolute Gasteiger partial charge is 0.507 e. The minimum atomic E-state index is 0.0598. The van der Waals surface area contributed by atoms with Gasteiger partial charge in [-0.25, -0.2) is 0 Å². The van der Waals surface area contributed by atoms with Crippen LogP contribution in [0.3, 0.4) is 0 Å². The lowest BCUT2D eigenvalue weighted by atomic mass is 10.0. The van der Waals surface area contributed by atoms with Crippen molar-refractivity contribution in [2.75, 3.05) is 7.11 Å². The molecule has 0 heterocycles. The Hall–Kier alpha value is -2.49. The molecular formula is C15H15NO3. The molecule has 0 saturated heterocycles. The van der Waals surface area contributed by atoms with Crippen LogP contribution in [0.2, 0.25) is 0 Å². The van der Waals surface area contributed by atoms with Crippen molar-refractivity contribution in [3.8, 4) is 11.5 Å². The second-order valence-corrected chi connectivity index (χ2v) is 4.09. The molecule has 2 aromatic carbocycles. The van der Waals surface area contributed by atoms with Crippen LogP contribution < -0.4 is 4.74 Å². The predicted molar refractivity (Wildman–Crippen MR) is 73.1 cm³/mol. The van der Waals surface area contributed by atoms with Crippen molar-refractivity contribution in [2.45, 2.75) is 6.42 Å². The van der Waals surface area contributed by atoms with Crippen LogP contribution in [0.25, 0.3) is 0 Å². The van der Waals surface area contributed by atoms with Crippen LogP contribution in [-0.2, 0) is 6.42 Å². The van der Waals surface area contributed by atoms with Gasteiger partial charge >= 0.3 is 0 Å². The standard InChI is InChI=1S/C15H15NO3/c1-19-12-7-8-15(17)13(10-12)14(16-18)9-11-5-3-2-4-6-11/h2-8,10,17-18H,9H2,1H3. The summed E-state index contributed by atoms with van der Waals surface area (Å²) in [5.41, 5.74) is 1.85. The van der Waals surface area contributed by atoms with Crippen molar-refractivity contribution in [2.24, 2.45) is 5.16 Å². The third-order valence-electron chi connectivity index (χ3n) is 2.85. The van der Waals surface area contributed by atoms with Gasteiger partial charge in [-0.2, -0.15) is 0 Å². The van der Waals surface area contributed by atoms with Gasteiger partial charge in [0.2, 0.25) is 0 Å². The van der Waals surface area contributed by atoms with E-state index in [0.717, 1.165) is 5.56 Å². The molecule has 2 rings (SSSR count). The Labute approximate surface area is 111 Å². The van der Waals surface area contributed by atoms with E-state index in [-0.39, 0.29) is 5.75 Å². The maximum absolute atomic E-state index is 9.86. The van der Waals surface area contributed by atoms with Crippen LogP contribution in [-0.4, -0.2) is 23.1 Å². The SMILES string of the molecule is COc1ccc(O)c(C(Cc2ccccc2)=NO)c1. The summed E-state index contributed by atoms with van der Waals surface area (Å²) in [6.45, 7) is 0. The van der Waals surface area contributed by atoms with Gasteiger partial charge in [0.05, 0.1) is 12.8 Å². The maximum Gasteiger partial charge on any atom is 0.125 e. The molecule has 0 aromatic heterocycles. The smallest absolute Gasteiger partial charge is 0.125 e. The number of ether oxygens (including phenoxy) is 1. The number of rotatable bonds is 4. The second-order valence-electron chi connectivity index (χ2n) is 4.09. The van der Waals surface area contributed by atoms with Crippen LogP contribution in [0.15, 0.2) is 53.7 Å². The normalized spacial score (nSPS) is 11.3. The topological polar surface area (TPSA) is 62.0 Å². The number of hydrogen-bond acceptors (Lipinski definition) is 4. The summed E-state index contributed by atoms with van der Waals surface area (Å²) >= 11 is 0. The summed E-state index contributed by atoms with van der Waals surface area (Å²) in [6.07, 6.45) is 0.429. The van der Waals surface area contributed by atoms with Gasteiger partial charge in [-0.15, -0.1) is 0 Å². The van der Waals surface area contributed by atoms with E-state index in [9.17, 15) is 5.11 Å². The highest BCUT2D eigenvalue weighted by atomic mass is 16.5. The molecule has 0 spiro atoms. The molecule has 0 fully saturated rings. The van der Waals surface area contributed by atoms with Crippen molar-refractivity contribution in [3.05, 3.63) is 59.7 Å². The lowest BCUT2D eigenvalue weighted by Gasteiger charge is -2.09. The lowest BCUT2D eigenvalue weighted by molar-refractivity contribution is 0.318. The van der Waals surface area contributed by atoms with Crippen molar-refractivity contribution >= 4 is 5.71 Å². The number of phenols is 1. The highest BCUT2D eigenvalue weighted by Gasteiger charge is 2.12. The number of aromatic hydroxyl groups is 1. The average Bonchev–Trinajstić information content (AvgIpc) is 2.47. The molecule has 0 aliphatic rings. The molecule has 0 aliphatic carbocycles. The first-order valence-corrected chi connectivity index (χ1v) is 5.87. The first kappa shape index (κ1) is 13.0. The molecule has 4 heteroatoms. The van der Waals surface area contributed by atoms with Crippen LogP contribution in [0, 0.1) is 0 Å². The minimum Gasteiger partial charge on any atom is -0.507 e. The molecule has 98 valence electrons. The number of hydrogen-bond donors (Lipinski definition) is 2. The van der Waals surface area contributed by atoms with Gasteiger partial charge < -0.3 is 15.1 Å². The van der Waals surface area contributed by atoms with Crippen LogP contribution in [0.1, 0.15) is 11.1 Å². The average molecular weight is 257 g/mol. The fourth-order valence-corrected chi connectivity index (χ4v) is 1.85. The molecule has 4 nitrogen and oxygen atoms in total. The molecule has 2 aromatic rings. The molecule has 0 unspecified atom stereocenters. The van der Waals surface area contributed by atoms with Crippen molar-refractivity contribution in [3.63, 3.8) is 0 Å². The van der Waals surface area contributed by atoms with E-state index in [2.05, 4.69) is 5.16 Å². The van der Waals surface area contributed by atoms with Gasteiger partial charge in [0.1, 0.15) is 11.5 Å². The lowest BCUT2D eigenvalue weighted by Crippen LogP contribution is -2.06. The third kappa shape index (κ3) is 3.04. The highest BCUT2D eigenvalue weighted by Crippen LogP contribution is 2.24. The summed E-state index contributed by atoms with van der Waals surface area (Å²) in [6, 6.07) is 14.4. The predicted octanol–water partition coefficient (Wildman–Crippen LogP) is 2.82. The van der Waals surface area contributed by atoms with E-state index in [4.69, 9.17) is 9.94 Å². The summed E-state index contributed by atoms with van der Waals surface area (Å²) in [5, 5.41) is 22.3. The van der Waals surface area contributed by atoms with E-state index in [0.29, 0.717) is 23.4 Å². The van der Waals surface area contributed by atoms with Crippen LogP contribution in [0.5, 0.6) is 11.5 Å². The second kappa shape index (κ2) is 5.91. The number of benzene rings is 2. The zero-order valence-electron chi connectivity index (χ0n) is 10.6. The molecule has 0 aliphatic heterocycles. The van der Waals surface area contributed by atoms with E-state index in [1.54, 1.807) is 19.2 Å². The molecule has 0 bridgehead atoms. The summed E-state index contributed by atoms with van der Waals surface area (Å²) in [5.74, 6) is 0.659. The Morgan fingerprint density at radius 1 is 1.16 bits per heavy atom. The third-order valence-corrected chi connectivity index (χ3v) is 2.85. The number of methoxy groups -OCH3 is 1. The highest BCUT2D eigenvalue weighted by molar-refractivity contribution is 6.03. The van der Waals surface area contributed by atoms with Gasteiger partial charge in [-0.1, -0.05) is 35.5 Å². The molecule has 19 heavy (non-hydrogen) atoms. The Morgan fingerprint density at radius 2 is 1.89 bits per heavy atom. The summed E-state index contributed by atoms with van der Waals surface area (Å²) in [4.78, 5) is 0. The fraction of sp³-hybridized carbons (Fsp3) is 0.133. The van der Waals surface area contributed by atoms with Crippen LogP contribution >= 0.6 is 0 Å². The van der Waals surface area contributed by atoms with E-state index in [1.807, 2.05) is 30.3 Å². The number of oxime groups is 1. The molecule has 0 radical (unpaired) electrons. The zero-order chi connectivity index (χ0) is 13.7. The van der Waals surface area contributed by atoms with Gasteiger partial charge in [-0.3, -0.25) is 0 Å². The van der Waals surface area contributed by atoms with Gasteiger partial charge in [0.25, 0.3) is 0 Å². The Bertz CT molecular complexity index is 579. The van der Waals surface area contributed by atoms with Gasteiger partial charge in [0, 0.05) is 12.0 Å². The molecule has 0 atom stereocenters. The van der Waals surface area contributed by atoms with E-state index >= 15 is 0 Å². The van der Waals surface area contributed by atoms with E-state index in [1.165, 1.54) is 6.07 Å². The fourth-order valence-electron chi connectivity index (χ4n) is 1.85. The van der Waals surface area contributed by atoms with Gasteiger partial charge in [-0.05, 0) is 23.8 Å². The van der Waals surface area contributed by atoms with Gasteiger partial charge in [0.15, 0.2) is 0 Å². The summed E-state index contributed by atoms with van der Waals surface area (Å²) < 4.78 is 5.11. The van der Waals surface area contributed by atoms with E-state index < -0.39 is 0 Å². The Balaban J connectivity index is 2.33. The molecule has 2 N–H and O–H groups in total. The minimum absolute atomic E-state index is 0.0598. The van der Waals surface area contributed by atoms with Crippen molar-refractivity contribution < 1.29 is 15.1 Å². The first-order chi connectivity index (χ1) is 9.24. The van der Waals surface area contributed by atoms with Crippen molar-refractivity contribution in [1.29, 1.82) is 0 Å². The zero-order valence-corrected chi connectivity index (χ0v) is 10.6. The first-order valence-electron chi connectivity index (χ1n) is 5.87. The monoisotopic (exact) mass is 257 g/mol. The summed E-state index contributed by atoms with van der Waals surface area (Å²) in [7, 11) is 1.54. The number of nitrogens with zero attached hydrogens (tertiary/aromatic N) is 1. The quantitative estimate of drug-likeness (QED) is 0.503. The molecular weight excluding hydrogens is 242 g/mol. The Morgan fingerprint density at radius 3 is 2.53 bits per heavy atom. The maximum atomic E-state index is 9.86. The Kier molecular flexibility index (Phi) is 4.03. The molecule has 0 saturated carbocycles. The number of phenolic OH excluding ortho intramolecular Hbond substituents is 1.